The highest BCUT2D eigenvalue weighted by molar-refractivity contribution is 5.81. The van der Waals surface area contributed by atoms with E-state index in [2.05, 4.69) is 30.4 Å². The molecule has 150 valence electrons. The first-order valence-corrected chi connectivity index (χ1v) is 10.2. The van der Waals surface area contributed by atoms with Gasteiger partial charge in [-0.15, -0.1) is 0 Å². The van der Waals surface area contributed by atoms with Gasteiger partial charge < -0.3 is 14.8 Å². The fourth-order valence-corrected chi connectivity index (χ4v) is 3.87. The molecule has 0 saturated carbocycles. The monoisotopic (exact) mass is 381 g/mol. The summed E-state index contributed by atoms with van der Waals surface area (Å²) in [6.07, 6.45) is 4.99. The van der Waals surface area contributed by atoms with Crippen LogP contribution in [0.25, 0.3) is 0 Å². The third-order valence-electron chi connectivity index (χ3n) is 5.55. The van der Waals surface area contributed by atoms with E-state index in [1.165, 1.54) is 24.0 Å². The topological polar surface area (TPSA) is 47.6 Å². The van der Waals surface area contributed by atoms with Gasteiger partial charge in [0, 0.05) is 0 Å². The molecular weight excluding hydrogens is 350 g/mol. The van der Waals surface area contributed by atoms with Crippen LogP contribution in [0.3, 0.4) is 0 Å². The Morgan fingerprint density at radius 3 is 2.54 bits per heavy atom. The van der Waals surface area contributed by atoms with Gasteiger partial charge in [0.15, 0.2) is 6.10 Å². The van der Waals surface area contributed by atoms with E-state index in [9.17, 15) is 4.79 Å². The van der Waals surface area contributed by atoms with E-state index >= 15 is 0 Å². The Balaban J connectivity index is 1.64. The van der Waals surface area contributed by atoms with Crippen molar-refractivity contribution in [3.05, 3.63) is 58.7 Å². The molecule has 0 spiro atoms. The molecule has 2 aromatic carbocycles. The van der Waals surface area contributed by atoms with Crippen LogP contribution in [-0.4, -0.2) is 19.1 Å². The lowest BCUT2D eigenvalue weighted by molar-refractivity contribution is -0.128. The standard InChI is InChI=1S/C24H31NO3/c1-5-22(20-11-13-23(27-4)16(2)14-20)25-24(26)17(3)28-21-12-10-18-8-6-7-9-19(18)15-21/h10-15,17,22H,5-9H2,1-4H3,(H,25,26)/t17-,22+/m0/s1. The summed E-state index contributed by atoms with van der Waals surface area (Å²) in [7, 11) is 1.67. The van der Waals surface area contributed by atoms with E-state index in [0.29, 0.717) is 0 Å². The van der Waals surface area contributed by atoms with Crippen molar-refractivity contribution in [2.45, 2.75) is 65.0 Å². The Bertz CT molecular complexity index is 831. The molecule has 2 aromatic rings. The van der Waals surface area contributed by atoms with Crippen molar-refractivity contribution in [1.82, 2.24) is 5.32 Å². The molecule has 1 aliphatic carbocycles. The quantitative estimate of drug-likeness (QED) is 0.741. The van der Waals surface area contributed by atoms with Crippen molar-refractivity contribution in [3.63, 3.8) is 0 Å². The van der Waals surface area contributed by atoms with Gasteiger partial charge in [-0.1, -0.05) is 25.1 Å². The molecule has 0 aromatic heterocycles. The van der Waals surface area contributed by atoms with E-state index in [4.69, 9.17) is 9.47 Å². The molecule has 0 heterocycles. The molecule has 0 bridgehead atoms. The highest BCUT2D eigenvalue weighted by atomic mass is 16.5. The molecule has 2 atom stereocenters. The number of hydrogen-bond acceptors (Lipinski definition) is 3. The summed E-state index contributed by atoms with van der Waals surface area (Å²) in [6, 6.07) is 12.2. The number of ether oxygens (including phenoxy) is 2. The summed E-state index contributed by atoms with van der Waals surface area (Å²) in [5.41, 5.74) is 4.91. The minimum atomic E-state index is -0.546. The second kappa shape index (κ2) is 9.13. The molecule has 4 nitrogen and oxygen atoms in total. The van der Waals surface area contributed by atoms with Crippen LogP contribution in [0.4, 0.5) is 0 Å². The maximum absolute atomic E-state index is 12.7. The van der Waals surface area contributed by atoms with Crippen LogP contribution in [0.2, 0.25) is 0 Å². The molecule has 1 N–H and O–H groups in total. The van der Waals surface area contributed by atoms with Crippen molar-refractivity contribution in [2.75, 3.05) is 7.11 Å². The number of rotatable bonds is 7. The SMILES string of the molecule is CC[C@@H](NC(=O)[C@H](C)Oc1ccc2c(c1)CCCC2)c1ccc(OC)c(C)c1. The Morgan fingerprint density at radius 1 is 1.11 bits per heavy atom. The molecule has 0 radical (unpaired) electrons. The zero-order valence-corrected chi connectivity index (χ0v) is 17.4. The van der Waals surface area contributed by atoms with Crippen molar-refractivity contribution >= 4 is 5.91 Å². The summed E-state index contributed by atoms with van der Waals surface area (Å²) >= 11 is 0. The third-order valence-corrected chi connectivity index (χ3v) is 5.55. The van der Waals surface area contributed by atoms with Gasteiger partial charge in [-0.3, -0.25) is 4.79 Å². The van der Waals surface area contributed by atoms with Gasteiger partial charge >= 0.3 is 0 Å². The van der Waals surface area contributed by atoms with E-state index in [1.807, 2.05) is 25.1 Å². The normalized spacial score (nSPS) is 15.3. The third kappa shape index (κ3) is 4.67. The number of fused-ring (bicyclic) bond motifs is 1. The number of benzene rings is 2. The Hall–Kier alpha value is -2.49. The molecule has 0 saturated heterocycles. The first kappa shape index (κ1) is 20.2. The Labute approximate surface area is 168 Å². The fraction of sp³-hybridized carbons (Fsp3) is 0.458. The molecule has 1 amide bonds. The van der Waals surface area contributed by atoms with Crippen molar-refractivity contribution in [3.8, 4) is 11.5 Å². The van der Waals surface area contributed by atoms with Crippen molar-refractivity contribution in [2.24, 2.45) is 0 Å². The number of nitrogens with one attached hydrogen (secondary N) is 1. The van der Waals surface area contributed by atoms with Crippen LogP contribution < -0.4 is 14.8 Å². The summed E-state index contributed by atoms with van der Waals surface area (Å²) in [4.78, 5) is 12.7. The van der Waals surface area contributed by atoms with Crippen LogP contribution >= 0.6 is 0 Å². The molecular formula is C24H31NO3. The van der Waals surface area contributed by atoms with Gasteiger partial charge in [-0.2, -0.15) is 0 Å². The molecule has 0 fully saturated rings. The van der Waals surface area contributed by atoms with Crippen LogP contribution in [0.1, 0.15) is 61.4 Å². The average Bonchev–Trinajstić information content (AvgIpc) is 2.71. The lowest BCUT2D eigenvalue weighted by Crippen LogP contribution is -2.38. The Kier molecular flexibility index (Phi) is 6.61. The molecule has 0 unspecified atom stereocenters. The summed E-state index contributed by atoms with van der Waals surface area (Å²) < 4.78 is 11.3. The average molecular weight is 382 g/mol. The molecule has 0 aliphatic heterocycles. The molecule has 4 heteroatoms. The number of carbonyl (C=O) groups is 1. The van der Waals surface area contributed by atoms with E-state index in [1.54, 1.807) is 14.0 Å². The summed E-state index contributed by atoms with van der Waals surface area (Å²) in [5.74, 6) is 1.53. The minimum Gasteiger partial charge on any atom is -0.496 e. The van der Waals surface area contributed by atoms with Crippen LogP contribution in [0, 0.1) is 6.92 Å². The van der Waals surface area contributed by atoms with E-state index in [-0.39, 0.29) is 11.9 Å². The first-order valence-electron chi connectivity index (χ1n) is 10.2. The summed E-state index contributed by atoms with van der Waals surface area (Å²) in [6.45, 7) is 5.89. The van der Waals surface area contributed by atoms with Crippen LogP contribution in [0.15, 0.2) is 36.4 Å². The fourth-order valence-electron chi connectivity index (χ4n) is 3.87. The van der Waals surface area contributed by atoms with Gasteiger partial charge in [0.05, 0.1) is 13.2 Å². The van der Waals surface area contributed by atoms with Gasteiger partial charge in [-0.05, 0) is 86.4 Å². The second-order valence-corrected chi connectivity index (χ2v) is 7.60. The zero-order chi connectivity index (χ0) is 20.1. The Morgan fingerprint density at radius 2 is 1.86 bits per heavy atom. The molecule has 3 rings (SSSR count). The maximum Gasteiger partial charge on any atom is 0.261 e. The van der Waals surface area contributed by atoms with Crippen molar-refractivity contribution in [1.29, 1.82) is 0 Å². The van der Waals surface area contributed by atoms with Gasteiger partial charge in [0.2, 0.25) is 0 Å². The number of methoxy groups -OCH3 is 1. The van der Waals surface area contributed by atoms with E-state index in [0.717, 1.165) is 41.9 Å². The van der Waals surface area contributed by atoms with Crippen molar-refractivity contribution < 1.29 is 14.3 Å². The second-order valence-electron chi connectivity index (χ2n) is 7.60. The van der Waals surface area contributed by atoms with Gasteiger partial charge in [-0.25, -0.2) is 0 Å². The number of hydrogen-bond donors (Lipinski definition) is 1. The maximum atomic E-state index is 12.7. The molecule has 1 aliphatic rings. The van der Waals surface area contributed by atoms with Crippen LogP contribution in [-0.2, 0) is 17.6 Å². The van der Waals surface area contributed by atoms with Gasteiger partial charge in [0.25, 0.3) is 5.91 Å². The summed E-state index contributed by atoms with van der Waals surface area (Å²) in [5, 5.41) is 3.13. The number of carbonyl (C=O) groups excluding carboxylic acids is 1. The first-order chi connectivity index (χ1) is 13.5. The van der Waals surface area contributed by atoms with Crippen LogP contribution in [0.5, 0.6) is 11.5 Å². The number of amides is 1. The predicted molar refractivity (Wildman–Crippen MR) is 112 cm³/mol. The largest absolute Gasteiger partial charge is 0.496 e. The zero-order valence-electron chi connectivity index (χ0n) is 17.4. The predicted octanol–water partition coefficient (Wildman–Crippen LogP) is 4.92. The van der Waals surface area contributed by atoms with E-state index < -0.39 is 6.10 Å². The smallest absolute Gasteiger partial charge is 0.261 e. The minimum absolute atomic E-state index is 0.0494. The highest BCUT2D eigenvalue weighted by Crippen LogP contribution is 2.27. The van der Waals surface area contributed by atoms with Gasteiger partial charge in [0.1, 0.15) is 11.5 Å². The highest BCUT2D eigenvalue weighted by Gasteiger charge is 2.20. The lowest BCUT2D eigenvalue weighted by Gasteiger charge is -2.22. The number of aryl methyl sites for hydroxylation is 3. The molecule has 28 heavy (non-hydrogen) atoms. The lowest BCUT2D eigenvalue weighted by atomic mass is 9.92.